The highest BCUT2D eigenvalue weighted by Gasteiger charge is 2.16. The maximum atomic E-state index is 12.1. The highest BCUT2D eigenvalue weighted by Crippen LogP contribution is 2.19. The molecule has 1 heterocycles. The number of amides is 1. The number of rotatable bonds is 6. The molecule has 1 amide bonds. The third kappa shape index (κ3) is 3.62. The van der Waals surface area contributed by atoms with Crippen LogP contribution < -0.4 is 5.32 Å². The Morgan fingerprint density at radius 2 is 2.23 bits per heavy atom. The number of aryl methyl sites for hydroxylation is 2. The van der Waals surface area contributed by atoms with E-state index in [9.17, 15) is 14.9 Å². The molecule has 0 saturated heterocycles. The van der Waals surface area contributed by atoms with Gasteiger partial charge in [-0.3, -0.25) is 20.2 Å². The van der Waals surface area contributed by atoms with Crippen molar-refractivity contribution in [3.8, 4) is 0 Å². The lowest BCUT2D eigenvalue weighted by Gasteiger charge is -2.02. The van der Waals surface area contributed by atoms with Crippen molar-refractivity contribution in [2.75, 3.05) is 5.32 Å². The second-order valence-corrected chi connectivity index (χ2v) is 4.77. The predicted octanol–water partition coefficient (Wildman–Crippen LogP) is 1.94. The van der Waals surface area contributed by atoms with Crippen LogP contribution in [-0.4, -0.2) is 31.0 Å². The minimum atomic E-state index is -0.522. The summed E-state index contributed by atoms with van der Waals surface area (Å²) in [5.74, 6) is -0.442. The molecule has 0 radical (unpaired) electrons. The van der Waals surface area contributed by atoms with Crippen LogP contribution in [0.4, 0.5) is 11.6 Å². The number of hydrogen-bond acceptors (Lipinski definition) is 6. The van der Waals surface area contributed by atoms with E-state index in [-0.39, 0.29) is 17.2 Å². The van der Waals surface area contributed by atoms with Crippen LogP contribution in [0.15, 0.2) is 18.2 Å². The van der Waals surface area contributed by atoms with Crippen LogP contribution in [0.2, 0.25) is 0 Å². The van der Waals surface area contributed by atoms with Gasteiger partial charge in [-0.2, -0.15) is 4.80 Å². The molecule has 2 rings (SSSR count). The SMILES string of the molecule is CCCCn1nnc(NC(=O)c2ccc(C)c([N+](=O)[O-])c2)n1. The minimum absolute atomic E-state index is 0.0735. The Balaban J connectivity index is 2.10. The number of benzene rings is 1. The van der Waals surface area contributed by atoms with Crippen molar-refractivity contribution in [3.05, 3.63) is 39.4 Å². The van der Waals surface area contributed by atoms with Crippen molar-refractivity contribution in [1.82, 2.24) is 20.2 Å². The normalized spacial score (nSPS) is 10.5. The van der Waals surface area contributed by atoms with E-state index >= 15 is 0 Å². The van der Waals surface area contributed by atoms with Crippen LogP contribution in [0.1, 0.15) is 35.7 Å². The number of nitrogens with zero attached hydrogens (tertiary/aromatic N) is 5. The molecule has 0 atom stereocenters. The fourth-order valence-corrected chi connectivity index (χ4v) is 1.81. The van der Waals surface area contributed by atoms with E-state index in [4.69, 9.17) is 0 Å². The largest absolute Gasteiger partial charge is 0.288 e. The van der Waals surface area contributed by atoms with Gasteiger partial charge in [-0.05, 0) is 24.6 Å². The van der Waals surface area contributed by atoms with E-state index < -0.39 is 10.8 Å². The Morgan fingerprint density at radius 3 is 2.91 bits per heavy atom. The average Bonchev–Trinajstić information content (AvgIpc) is 2.92. The summed E-state index contributed by atoms with van der Waals surface area (Å²) >= 11 is 0. The van der Waals surface area contributed by atoms with Gasteiger partial charge in [0.2, 0.25) is 0 Å². The summed E-state index contributed by atoms with van der Waals surface area (Å²) in [5, 5.41) is 24.9. The van der Waals surface area contributed by atoms with Crippen molar-refractivity contribution in [2.24, 2.45) is 0 Å². The standard InChI is InChI=1S/C13H16N6O3/c1-3-4-7-18-16-13(15-17-18)14-12(20)10-6-5-9(2)11(8-10)19(21)22/h5-6,8H,3-4,7H2,1-2H3,(H,14,16,20). The maximum absolute atomic E-state index is 12.1. The average molecular weight is 304 g/mol. The maximum Gasteiger partial charge on any atom is 0.273 e. The fraction of sp³-hybridized carbons (Fsp3) is 0.385. The molecule has 0 fully saturated rings. The molecule has 116 valence electrons. The first-order chi connectivity index (χ1) is 10.5. The van der Waals surface area contributed by atoms with Crippen molar-refractivity contribution in [1.29, 1.82) is 0 Å². The second kappa shape index (κ2) is 6.74. The zero-order valence-electron chi connectivity index (χ0n) is 12.3. The van der Waals surface area contributed by atoms with Gasteiger partial charge in [0.15, 0.2) is 0 Å². The number of anilines is 1. The van der Waals surface area contributed by atoms with E-state index in [1.165, 1.54) is 23.0 Å². The van der Waals surface area contributed by atoms with Gasteiger partial charge in [0, 0.05) is 17.2 Å². The van der Waals surface area contributed by atoms with Crippen molar-refractivity contribution in [2.45, 2.75) is 33.2 Å². The number of aromatic nitrogens is 4. The third-order valence-electron chi connectivity index (χ3n) is 3.06. The molecule has 0 spiro atoms. The van der Waals surface area contributed by atoms with E-state index in [1.54, 1.807) is 6.92 Å². The number of hydrogen-bond donors (Lipinski definition) is 1. The fourth-order valence-electron chi connectivity index (χ4n) is 1.81. The van der Waals surface area contributed by atoms with Gasteiger partial charge < -0.3 is 0 Å². The summed E-state index contributed by atoms with van der Waals surface area (Å²) in [7, 11) is 0. The van der Waals surface area contributed by atoms with Crippen LogP contribution in [0, 0.1) is 17.0 Å². The van der Waals surface area contributed by atoms with Gasteiger partial charge in [0.05, 0.1) is 11.5 Å². The van der Waals surface area contributed by atoms with Gasteiger partial charge in [0.25, 0.3) is 17.5 Å². The Labute approximate surface area is 126 Å². The van der Waals surface area contributed by atoms with Crippen LogP contribution in [0.5, 0.6) is 0 Å². The molecule has 22 heavy (non-hydrogen) atoms. The molecule has 0 bridgehead atoms. The van der Waals surface area contributed by atoms with Gasteiger partial charge >= 0.3 is 0 Å². The molecule has 1 N–H and O–H groups in total. The first-order valence-electron chi connectivity index (χ1n) is 6.85. The summed E-state index contributed by atoms with van der Waals surface area (Å²) in [6, 6.07) is 4.27. The molecule has 9 nitrogen and oxygen atoms in total. The molecule has 0 aliphatic rings. The predicted molar refractivity (Wildman–Crippen MR) is 78.5 cm³/mol. The highest BCUT2D eigenvalue weighted by atomic mass is 16.6. The summed E-state index contributed by atoms with van der Waals surface area (Å²) in [6.45, 7) is 4.28. The lowest BCUT2D eigenvalue weighted by atomic mass is 10.1. The summed E-state index contributed by atoms with van der Waals surface area (Å²) in [6.07, 6.45) is 1.91. The van der Waals surface area contributed by atoms with Gasteiger partial charge in [-0.1, -0.05) is 24.5 Å². The summed E-state index contributed by atoms with van der Waals surface area (Å²) in [5.41, 5.74) is 0.555. The van der Waals surface area contributed by atoms with Gasteiger partial charge in [-0.15, -0.1) is 5.10 Å². The van der Waals surface area contributed by atoms with Crippen LogP contribution in [0.3, 0.4) is 0 Å². The molecule has 1 aromatic heterocycles. The number of nitro benzene ring substituents is 1. The van der Waals surface area contributed by atoms with E-state index in [1.807, 2.05) is 6.92 Å². The molecule has 9 heteroatoms. The van der Waals surface area contributed by atoms with Crippen molar-refractivity contribution < 1.29 is 9.72 Å². The summed E-state index contributed by atoms with van der Waals surface area (Å²) < 4.78 is 0. The smallest absolute Gasteiger partial charge is 0.273 e. The quantitative estimate of drug-likeness (QED) is 0.644. The third-order valence-corrected chi connectivity index (χ3v) is 3.06. The topological polar surface area (TPSA) is 116 Å². The first-order valence-corrected chi connectivity index (χ1v) is 6.85. The zero-order chi connectivity index (χ0) is 16.1. The van der Waals surface area contributed by atoms with Crippen LogP contribution >= 0.6 is 0 Å². The monoisotopic (exact) mass is 304 g/mol. The minimum Gasteiger partial charge on any atom is -0.288 e. The van der Waals surface area contributed by atoms with Crippen molar-refractivity contribution in [3.63, 3.8) is 0 Å². The number of carbonyl (C=O) groups is 1. The molecule has 0 unspecified atom stereocenters. The lowest BCUT2D eigenvalue weighted by Crippen LogP contribution is -2.14. The number of nitrogens with one attached hydrogen (secondary N) is 1. The van der Waals surface area contributed by atoms with Crippen molar-refractivity contribution >= 4 is 17.5 Å². The number of carbonyl (C=O) groups excluding carboxylic acids is 1. The molecule has 0 saturated carbocycles. The first kappa shape index (κ1) is 15.5. The molecule has 0 aliphatic heterocycles. The highest BCUT2D eigenvalue weighted by molar-refractivity contribution is 6.03. The summed E-state index contributed by atoms with van der Waals surface area (Å²) in [4.78, 5) is 23.8. The Bertz CT molecular complexity index is 697. The molecule has 0 aliphatic carbocycles. The van der Waals surface area contributed by atoms with Crippen LogP contribution in [-0.2, 0) is 6.54 Å². The Hall–Kier alpha value is -2.84. The van der Waals surface area contributed by atoms with E-state index in [0.29, 0.717) is 12.1 Å². The molecule has 2 aromatic rings. The van der Waals surface area contributed by atoms with Crippen LogP contribution in [0.25, 0.3) is 0 Å². The Kier molecular flexibility index (Phi) is 4.77. The molecule has 1 aromatic carbocycles. The Morgan fingerprint density at radius 1 is 1.45 bits per heavy atom. The number of tetrazole rings is 1. The lowest BCUT2D eigenvalue weighted by molar-refractivity contribution is -0.385. The van der Waals surface area contributed by atoms with Gasteiger partial charge in [0.1, 0.15) is 0 Å². The van der Waals surface area contributed by atoms with Gasteiger partial charge in [-0.25, -0.2) is 0 Å². The number of nitro groups is 1. The van der Waals surface area contributed by atoms with E-state index in [0.717, 1.165) is 12.8 Å². The van der Waals surface area contributed by atoms with E-state index in [2.05, 4.69) is 20.7 Å². The molecular weight excluding hydrogens is 288 g/mol. The number of unbranched alkanes of at least 4 members (excludes halogenated alkanes) is 1. The molecular formula is C13H16N6O3. The zero-order valence-corrected chi connectivity index (χ0v) is 12.3. The second-order valence-electron chi connectivity index (χ2n) is 4.77.